The van der Waals surface area contributed by atoms with Crippen LogP contribution in [0.5, 0.6) is 0 Å². The summed E-state index contributed by atoms with van der Waals surface area (Å²) < 4.78 is 28.0. The molecule has 182 valence electrons. The lowest BCUT2D eigenvalue weighted by molar-refractivity contribution is -0.124. The third kappa shape index (κ3) is 8.83. The maximum absolute atomic E-state index is 12.8. The fraction of sp³-hybridized carbons (Fsp3) is 0.720. The Hall–Kier alpha value is -1.44. The first-order valence-corrected chi connectivity index (χ1v) is 13.7. The molecule has 32 heavy (non-hydrogen) atoms. The van der Waals surface area contributed by atoms with Gasteiger partial charge in [0.2, 0.25) is 15.9 Å². The number of carbonyl (C=O) groups excluding carboxylic acids is 1. The van der Waals surface area contributed by atoms with Crippen LogP contribution in [-0.2, 0) is 20.2 Å². The van der Waals surface area contributed by atoms with E-state index < -0.39 is 28.6 Å². The molecule has 1 aromatic carbocycles. The average molecular weight is 467 g/mol. The van der Waals surface area contributed by atoms with Gasteiger partial charge in [0.1, 0.15) is 6.04 Å². The summed E-state index contributed by atoms with van der Waals surface area (Å²) in [6.45, 7) is 5.59. The molecular formula is C25H42N2O4S. The van der Waals surface area contributed by atoms with Crippen LogP contribution in [0, 0.1) is 0 Å². The number of amides is 1. The predicted molar refractivity (Wildman–Crippen MR) is 129 cm³/mol. The van der Waals surface area contributed by atoms with Crippen LogP contribution in [0.3, 0.4) is 0 Å². The smallest absolute Gasteiger partial charge is 0.241 e. The van der Waals surface area contributed by atoms with E-state index in [2.05, 4.69) is 30.8 Å². The monoisotopic (exact) mass is 466 g/mol. The van der Waals surface area contributed by atoms with Gasteiger partial charge in [-0.3, -0.25) is 4.79 Å². The van der Waals surface area contributed by atoms with Crippen molar-refractivity contribution in [2.45, 2.75) is 114 Å². The molecule has 0 bridgehead atoms. The van der Waals surface area contributed by atoms with Gasteiger partial charge in [-0.25, -0.2) is 8.42 Å². The maximum Gasteiger partial charge on any atom is 0.241 e. The highest BCUT2D eigenvalue weighted by Crippen LogP contribution is 2.23. The van der Waals surface area contributed by atoms with Crippen LogP contribution in [0.4, 0.5) is 0 Å². The van der Waals surface area contributed by atoms with Gasteiger partial charge in [0.25, 0.3) is 0 Å². The second-order valence-corrected chi connectivity index (χ2v) is 11.8. The lowest BCUT2D eigenvalue weighted by atomic mass is 9.87. The van der Waals surface area contributed by atoms with Gasteiger partial charge in [-0.15, -0.1) is 0 Å². The zero-order valence-corrected chi connectivity index (χ0v) is 20.8. The van der Waals surface area contributed by atoms with E-state index in [-0.39, 0.29) is 16.4 Å². The molecule has 1 atom stereocenters. The zero-order chi connectivity index (χ0) is 23.6. The minimum atomic E-state index is -3.92. The molecule has 1 aromatic rings. The van der Waals surface area contributed by atoms with E-state index in [1.807, 2.05) is 0 Å². The van der Waals surface area contributed by atoms with Gasteiger partial charge in [-0.05, 0) is 36.0 Å². The van der Waals surface area contributed by atoms with Crippen molar-refractivity contribution < 1.29 is 18.3 Å². The van der Waals surface area contributed by atoms with Crippen molar-refractivity contribution in [3.05, 3.63) is 29.8 Å². The molecule has 3 N–H and O–H groups in total. The summed E-state index contributed by atoms with van der Waals surface area (Å²) in [7, 11) is -3.92. The Kier molecular flexibility index (Phi) is 10.6. The van der Waals surface area contributed by atoms with Crippen molar-refractivity contribution in [3.63, 3.8) is 0 Å². The molecule has 0 saturated heterocycles. The quantitative estimate of drug-likeness (QED) is 0.578. The van der Waals surface area contributed by atoms with Gasteiger partial charge in [-0.1, -0.05) is 90.7 Å². The number of aliphatic hydroxyl groups excluding tert-OH is 1. The summed E-state index contributed by atoms with van der Waals surface area (Å²) in [6, 6.07) is 5.47. The van der Waals surface area contributed by atoms with E-state index in [1.165, 1.54) is 32.1 Å². The van der Waals surface area contributed by atoms with Crippen LogP contribution in [0.15, 0.2) is 29.2 Å². The molecule has 1 fully saturated rings. The molecule has 7 heteroatoms. The Morgan fingerprint density at radius 1 is 0.938 bits per heavy atom. The molecule has 1 unspecified atom stereocenters. The average Bonchev–Trinajstić information content (AvgIpc) is 2.73. The Morgan fingerprint density at radius 3 is 1.84 bits per heavy atom. The number of rotatable bonds is 6. The Morgan fingerprint density at radius 2 is 1.41 bits per heavy atom. The van der Waals surface area contributed by atoms with Gasteiger partial charge in [0.15, 0.2) is 0 Å². The number of sulfonamides is 1. The van der Waals surface area contributed by atoms with Crippen molar-refractivity contribution in [2.75, 3.05) is 6.61 Å². The van der Waals surface area contributed by atoms with Crippen LogP contribution in [0.2, 0.25) is 0 Å². The highest BCUT2D eigenvalue weighted by atomic mass is 32.2. The summed E-state index contributed by atoms with van der Waals surface area (Å²) in [4.78, 5) is 12.9. The van der Waals surface area contributed by atoms with E-state index in [0.717, 1.165) is 44.1 Å². The van der Waals surface area contributed by atoms with E-state index in [9.17, 15) is 18.3 Å². The van der Waals surface area contributed by atoms with Gasteiger partial charge in [0, 0.05) is 6.04 Å². The first-order valence-electron chi connectivity index (χ1n) is 12.2. The number of carbonyl (C=O) groups is 1. The highest BCUT2D eigenvalue weighted by molar-refractivity contribution is 7.89. The number of hydrogen-bond acceptors (Lipinski definition) is 4. The molecule has 1 amide bonds. The van der Waals surface area contributed by atoms with Gasteiger partial charge in [0.05, 0.1) is 11.5 Å². The number of benzene rings is 1. The van der Waals surface area contributed by atoms with E-state index in [0.29, 0.717) is 0 Å². The van der Waals surface area contributed by atoms with Crippen molar-refractivity contribution in [2.24, 2.45) is 0 Å². The lowest BCUT2D eigenvalue weighted by Gasteiger charge is -2.23. The molecule has 1 saturated carbocycles. The first-order chi connectivity index (χ1) is 15.1. The molecule has 0 aromatic heterocycles. The molecule has 1 aliphatic carbocycles. The minimum Gasteiger partial charge on any atom is -0.394 e. The summed E-state index contributed by atoms with van der Waals surface area (Å²) in [5.41, 5.74) is 0.937. The lowest BCUT2D eigenvalue weighted by Crippen LogP contribution is -2.51. The fourth-order valence-electron chi connectivity index (χ4n) is 4.17. The molecule has 6 nitrogen and oxygen atoms in total. The van der Waals surface area contributed by atoms with Crippen LogP contribution in [-0.4, -0.2) is 38.1 Å². The Labute approximate surface area is 194 Å². The zero-order valence-electron chi connectivity index (χ0n) is 20.0. The third-order valence-electron chi connectivity index (χ3n) is 6.28. The molecule has 0 heterocycles. The standard InChI is InChI=1S/C25H42N2O4S/c1-25(2,3)20-15-17-22(18-16-20)32(30,31)27-23(19-28)24(29)26-21-13-11-9-7-5-4-6-8-10-12-14-21/h15-18,21,23,27-28H,4-14,19H2,1-3H3,(H,26,29). The normalized spacial score (nSPS) is 18.9. The van der Waals surface area contributed by atoms with Gasteiger partial charge in [-0.2, -0.15) is 4.72 Å². The second-order valence-electron chi connectivity index (χ2n) is 10.1. The Balaban J connectivity index is 2.00. The van der Waals surface area contributed by atoms with Crippen molar-refractivity contribution >= 4 is 15.9 Å². The van der Waals surface area contributed by atoms with Crippen LogP contribution in [0.25, 0.3) is 0 Å². The molecular weight excluding hydrogens is 424 g/mol. The fourth-order valence-corrected chi connectivity index (χ4v) is 5.36. The van der Waals surface area contributed by atoms with Crippen molar-refractivity contribution in [3.8, 4) is 0 Å². The summed E-state index contributed by atoms with van der Waals surface area (Å²) in [6.07, 6.45) is 12.6. The number of aliphatic hydroxyl groups is 1. The topological polar surface area (TPSA) is 95.5 Å². The summed E-state index contributed by atoms with van der Waals surface area (Å²) in [5.74, 6) is -0.459. The molecule has 1 aliphatic rings. The highest BCUT2D eigenvalue weighted by Gasteiger charge is 2.27. The largest absolute Gasteiger partial charge is 0.394 e. The van der Waals surface area contributed by atoms with E-state index in [1.54, 1.807) is 24.3 Å². The van der Waals surface area contributed by atoms with Gasteiger partial charge >= 0.3 is 0 Å². The number of hydrogen-bond donors (Lipinski definition) is 3. The molecule has 0 spiro atoms. The van der Waals surface area contributed by atoms with Crippen molar-refractivity contribution in [1.29, 1.82) is 0 Å². The van der Waals surface area contributed by atoms with Crippen LogP contribution >= 0.6 is 0 Å². The first kappa shape index (κ1) is 26.8. The Bertz CT molecular complexity index is 788. The van der Waals surface area contributed by atoms with Gasteiger partial charge < -0.3 is 10.4 Å². The minimum absolute atomic E-state index is 0.0200. The molecule has 0 aliphatic heterocycles. The van der Waals surface area contributed by atoms with Crippen LogP contribution in [0.1, 0.15) is 97.0 Å². The maximum atomic E-state index is 12.8. The molecule has 0 radical (unpaired) electrons. The second kappa shape index (κ2) is 12.7. The summed E-state index contributed by atoms with van der Waals surface area (Å²) in [5, 5.41) is 12.7. The SMILES string of the molecule is CC(C)(C)c1ccc(S(=O)(=O)NC(CO)C(=O)NC2CCCCCCCCCCC2)cc1. The van der Waals surface area contributed by atoms with E-state index in [4.69, 9.17) is 0 Å². The molecule has 2 rings (SSSR count). The van der Waals surface area contributed by atoms with E-state index >= 15 is 0 Å². The third-order valence-corrected chi connectivity index (χ3v) is 7.77. The summed E-state index contributed by atoms with van der Waals surface area (Å²) >= 11 is 0. The van der Waals surface area contributed by atoms with Crippen LogP contribution < -0.4 is 10.0 Å². The van der Waals surface area contributed by atoms with Crippen molar-refractivity contribution in [1.82, 2.24) is 10.0 Å². The number of nitrogens with one attached hydrogen (secondary N) is 2. The predicted octanol–water partition coefficient (Wildman–Crippen LogP) is 4.41.